The molecule has 0 saturated heterocycles. The number of hydrogen-bond acceptors (Lipinski definition) is 6. The summed E-state index contributed by atoms with van der Waals surface area (Å²) in [4.78, 5) is 30.1. The summed E-state index contributed by atoms with van der Waals surface area (Å²) in [5, 5.41) is 11.3. The number of nitrogens with zero attached hydrogens (tertiary/aromatic N) is 2. The van der Waals surface area contributed by atoms with Gasteiger partial charge in [-0.25, -0.2) is 4.98 Å². The molecule has 0 spiro atoms. The average Bonchev–Trinajstić information content (AvgIpc) is 3.37. The van der Waals surface area contributed by atoms with Crippen molar-refractivity contribution in [3.63, 3.8) is 0 Å². The van der Waals surface area contributed by atoms with Crippen LogP contribution in [0, 0.1) is 0 Å². The molecule has 1 N–H and O–H groups in total. The minimum absolute atomic E-state index is 0.00174. The fourth-order valence-electron chi connectivity index (χ4n) is 5.34. The van der Waals surface area contributed by atoms with E-state index in [1.165, 1.54) is 12.0 Å². The Bertz CT molecular complexity index is 1370. The van der Waals surface area contributed by atoms with Gasteiger partial charge in [0.25, 0.3) is 5.56 Å². The highest BCUT2D eigenvalue weighted by Crippen LogP contribution is 2.48. The Morgan fingerprint density at radius 3 is 2.63 bits per heavy atom. The molecule has 1 saturated carbocycles. The van der Waals surface area contributed by atoms with Gasteiger partial charge in [-0.05, 0) is 42.0 Å². The summed E-state index contributed by atoms with van der Waals surface area (Å²) in [7, 11) is 0. The van der Waals surface area contributed by atoms with Crippen LogP contribution in [0.5, 0.6) is 11.5 Å². The van der Waals surface area contributed by atoms with Crippen molar-refractivity contribution in [1.29, 1.82) is 0 Å². The van der Waals surface area contributed by atoms with Gasteiger partial charge in [-0.1, -0.05) is 6.42 Å². The van der Waals surface area contributed by atoms with Gasteiger partial charge >= 0.3 is 0 Å². The summed E-state index contributed by atoms with van der Waals surface area (Å²) in [5.74, 6) is 1.53. The van der Waals surface area contributed by atoms with E-state index in [2.05, 4.69) is 0 Å². The van der Waals surface area contributed by atoms with Gasteiger partial charge in [0.1, 0.15) is 6.10 Å². The minimum Gasteiger partial charge on any atom is -0.454 e. The first kappa shape index (κ1) is 16.6. The zero-order chi connectivity index (χ0) is 20.1. The number of Topliss-reactive ketones (excluding diaryl/α,β-unsaturated/α-hetero) is 1. The fraction of sp³-hybridized carbons (Fsp3) is 0.348. The number of rotatable bonds is 1. The highest BCUT2D eigenvalue weighted by molar-refractivity contribution is 5.93. The lowest BCUT2D eigenvalue weighted by atomic mass is 9.76. The Hall–Kier alpha value is -3.19. The zero-order valence-electron chi connectivity index (χ0n) is 16.1. The number of fused-ring (bicyclic) bond motifs is 6. The van der Waals surface area contributed by atoms with Crippen LogP contribution >= 0.6 is 0 Å². The van der Waals surface area contributed by atoms with Crippen LogP contribution in [0.15, 0.2) is 23.0 Å². The van der Waals surface area contributed by atoms with E-state index in [1.807, 2.05) is 12.1 Å². The van der Waals surface area contributed by atoms with Gasteiger partial charge in [0.05, 0.1) is 23.4 Å². The van der Waals surface area contributed by atoms with Crippen molar-refractivity contribution in [3.8, 4) is 22.9 Å². The lowest BCUT2D eigenvalue weighted by Crippen LogP contribution is -2.23. The first-order chi connectivity index (χ1) is 14.6. The van der Waals surface area contributed by atoms with E-state index in [4.69, 9.17) is 14.5 Å². The highest BCUT2D eigenvalue weighted by atomic mass is 16.7. The second-order valence-electron chi connectivity index (χ2n) is 8.60. The summed E-state index contributed by atoms with van der Waals surface area (Å²) < 4.78 is 12.9. The van der Waals surface area contributed by atoms with Crippen LogP contribution < -0.4 is 15.0 Å². The fourth-order valence-corrected chi connectivity index (χ4v) is 5.34. The van der Waals surface area contributed by atoms with Crippen LogP contribution in [-0.4, -0.2) is 27.2 Å². The molecule has 7 heteroatoms. The molecule has 1 fully saturated rings. The molecule has 1 atom stereocenters. The van der Waals surface area contributed by atoms with Crippen molar-refractivity contribution in [3.05, 3.63) is 50.8 Å². The maximum Gasteiger partial charge on any atom is 0.255 e. The Morgan fingerprint density at radius 2 is 1.87 bits per heavy atom. The van der Waals surface area contributed by atoms with Crippen molar-refractivity contribution in [1.82, 2.24) is 9.55 Å². The van der Waals surface area contributed by atoms with Crippen LogP contribution in [0.3, 0.4) is 0 Å². The second-order valence-corrected chi connectivity index (χ2v) is 8.60. The number of carbonyl (C=O) groups is 1. The maximum absolute atomic E-state index is 13.2. The average molecular weight is 402 g/mol. The van der Waals surface area contributed by atoms with E-state index in [0.29, 0.717) is 35.0 Å². The zero-order valence-corrected chi connectivity index (χ0v) is 16.1. The predicted octanol–water partition coefficient (Wildman–Crippen LogP) is 2.58. The van der Waals surface area contributed by atoms with Gasteiger partial charge in [-0.15, -0.1) is 0 Å². The molecular formula is C23H18N2O5. The quantitative estimate of drug-likeness (QED) is 0.526. The van der Waals surface area contributed by atoms with E-state index in [0.717, 1.165) is 40.8 Å². The molecule has 1 aromatic carbocycles. The van der Waals surface area contributed by atoms with Crippen LogP contribution in [0.25, 0.3) is 22.3 Å². The molecule has 7 nitrogen and oxygen atoms in total. The molecule has 2 aliphatic carbocycles. The van der Waals surface area contributed by atoms with Gasteiger partial charge in [0.2, 0.25) is 6.79 Å². The summed E-state index contributed by atoms with van der Waals surface area (Å²) in [5.41, 5.74) is 5.26. The van der Waals surface area contributed by atoms with Crippen molar-refractivity contribution in [2.24, 2.45) is 0 Å². The van der Waals surface area contributed by atoms with E-state index < -0.39 is 6.10 Å². The summed E-state index contributed by atoms with van der Waals surface area (Å²) in [6, 6.07) is 5.72. The van der Waals surface area contributed by atoms with Crippen LogP contribution in [-0.2, 0) is 17.8 Å². The van der Waals surface area contributed by atoms with Crippen molar-refractivity contribution in [2.75, 3.05) is 6.79 Å². The lowest BCUT2D eigenvalue weighted by Gasteiger charge is -2.29. The van der Waals surface area contributed by atoms with Crippen molar-refractivity contribution < 1.29 is 19.4 Å². The van der Waals surface area contributed by atoms with Crippen LogP contribution in [0.2, 0.25) is 0 Å². The molecule has 150 valence electrons. The lowest BCUT2D eigenvalue weighted by molar-refractivity contribution is -0.125. The van der Waals surface area contributed by atoms with Crippen LogP contribution in [0.1, 0.15) is 53.5 Å². The van der Waals surface area contributed by atoms with Gasteiger partial charge in [0.15, 0.2) is 17.3 Å². The number of benzene rings is 1. The van der Waals surface area contributed by atoms with Crippen molar-refractivity contribution >= 4 is 16.7 Å². The molecule has 7 rings (SSSR count). The standard InChI is InChI=1S/C23H18N2O5/c26-17-5-12-11(22(17)27)4-16-21-14(8-25(16)23(12)28)20(10-2-1-3-10)13-6-18-19(30-9-29-18)7-15(13)24-21/h4,6-7,10,22,27H,1-3,5,8-9H2. The van der Waals surface area contributed by atoms with Gasteiger partial charge in [-0.2, -0.15) is 0 Å². The molecule has 4 heterocycles. The number of ketones is 1. The van der Waals surface area contributed by atoms with E-state index in [-0.39, 0.29) is 24.6 Å². The Kier molecular flexibility index (Phi) is 3.03. The number of aromatic nitrogens is 2. The smallest absolute Gasteiger partial charge is 0.255 e. The van der Waals surface area contributed by atoms with E-state index in [9.17, 15) is 14.7 Å². The Labute approximate surface area is 170 Å². The van der Waals surface area contributed by atoms with E-state index in [1.54, 1.807) is 10.6 Å². The van der Waals surface area contributed by atoms with E-state index >= 15 is 0 Å². The monoisotopic (exact) mass is 402 g/mol. The number of carbonyl (C=O) groups excluding carboxylic acids is 1. The summed E-state index contributed by atoms with van der Waals surface area (Å²) >= 11 is 0. The molecule has 1 unspecified atom stereocenters. The van der Waals surface area contributed by atoms with Crippen molar-refractivity contribution in [2.45, 2.75) is 44.2 Å². The molecule has 0 bridgehead atoms. The second kappa shape index (κ2) is 5.49. The highest BCUT2D eigenvalue weighted by Gasteiger charge is 2.37. The van der Waals surface area contributed by atoms with Gasteiger partial charge < -0.3 is 19.1 Å². The molecule has 0 amide bonds. The molecule has 4 aliphatic rings. The van der Waals surface area contributed by atoms with Gasteiger partial charge in [0, 0.05) is 29.0 Å². The largest absolute Gasteiger partial charge is 0.454 e. The number of hydrogen-bond donors (Lipinski definition) is 1. The molecule has 30 heavy (non-hydrogen) atoms. The number of aliphatic hydroxyl groups excluding tert-OH is 1. The number of ether oxygens (including phenoxy) is 2. The molecule has 3 aromatic rings. The maximum atomic E-state index is 13.2. The normalized spacial score (nSPS) is 21.0. The third-order valence-electron chi connectivity index (χ3n) is 7.08. The molecular weight excluding hydrogens is 384 g/mol. The van der Waals surface area contributed by atoms with Gasteiger partial charge in [-0.3, -0.25) is 9.59 Å². The van der Waals surface area contributed by atoms with Crippen LogP contribution in [0.4, 0.5) is 0 Å². The molecule has 0 radical (unpaired) electrons. The topological polar surface area (TPSA) is 90.7 Å². The SMILES string of the molecule is O=C1Cc2c(cc3n(c2=O)Cc2c-3nc3cc4c(cc3c2C2CCC2)OCO4)C1O. The Balaban J connectivity index is 1.53. The molecule has 2 aliphatic heterocycles. The first-order valence-electron chi connectivity index (χ1n) is 10.3. The summed E-state index contributed by atoms with van der Waals surface area (Å²) in [6.07, 6.45) is 2.22. The predicted molar refractivity (Wildman–Crippen MR) is 107 cm³/mol. The number of aliphatic hydroxyl groups is 1. The summed E-state index contributed by atoms with van der Waals surface area (Å²) in [6.45, 7) is 0.657. The Morgan fingerprint density at radius 1 is 1.07 bits per heavy atom. The first-order valence-corrected chi connectivity index (χ1v) is 10.3. The minimum atomic E-state index is -1.22. The number of pyridine rings is 2. The molecule has 2 aromatic heterocycles. The third kappa shape index (κ3) is 1.96. The third-order valence-corrected chi connectivity index (χ3v) is 7.08.